The van der Waals surface area contributed by atoms with Crippen molar-refractivity contribution < 1.29 is 27.1 Å². The van der Waals surface area contributed by atoms with Gasteiger partial charge in [-0.05, 0) is 66.2 Å². The highest BCUT2D eigenvalue weighted by atomic mass is 32.2. The fourth-order valence-electron chi connectivity index (χ4n) is 3.38. The Morgan fingerprint density at radius 3 is 2.11 bits per heavy atom. The highest BCUT2D eigenvalue weighted by Gasteiger charge is 2.28. The first-order valence-corrected chi connectivity index (χ1v) is 12.8. The number of rotatable bonds is 9. The van der Waals surface area contributed by atoms with Crippen LogP contribution in [0.3, 0.4) is 0 Å². The summed E-state index contributed by atoms with van der Waals surface area (Å²) in [6.07, 6.45) is 1.33. The van der Waals surface area contributed by atoms with E-state index in [-0.39, 0.29) is 10.6 Å². The fourth-order valence-corrected chi connectivity index (χ4v) is 4.83. The van der Waals surface area contributed by atoms with E-state index in [1.165, 1.54) is 48.7 Å². The zero-order valence-electron chi connectivity index (χ0n) is 19.9. The largest absolute Gasteiger partial charge is 0.423 e. The number of benzene rings is 4. The summed E-state index contributed by atoms with van der Waals surface area (Å²) in [7, 11) is -4.24. The maximum absolute atomic E-state index is 14.5. The van der Waals surface area contributed by atoms with Gasteiger partial charge in [0.25, 0.3) is 15.9 Å². The number of halogens is 1. The predicted molar refractivity (Wildman–Crippen MR) is 141 cm³/mol. The Morgan fingerprint density at radius 1 is 0.842 bits per heavy atom. The molecule has 1 amide bonds. The van der Waals surface area contributed by atoms with Gasteiger partial charge < -0.3 is 4.74 Å². The number of hydrogen-bond acceptors (Lipinski definition) is 6. The molecule has 0 radical (unpaired) electrons. The number of amides is 1. The van der Waals surface area contributed by atoms with Crippen molar-refractivity contribution in [2.45, 2.75) is 4.90 Å². The first-order valence-electron chi connectivity index (χ1n) is 11.4. The SMILES string of the molecule is O=C(CN(c1ccccc1F)S(=O)(=O)c1ccccc1)N/N=C\c1ccc(OC(=O)c2ccccc2)cc1. The number of ether oxygens (including phenoxy) is 1. The Morgan fingerprint density at radius 2 is 1.45 bits per heavy atom. The molecule has 0 aliphatic heterocycles. The van der Waals surface area contributed by atoms with Crippen LogP contribution in [-0.2, 0) is 14.8 Å². The van der Waals surface area contributed by atoms with Gasteiger partial charge in [-0.3, -0.25) is 9.10 Å². The molecule has 0 atom stereocenters. The highest BCUT2D eigenvalue weighted by molar-refractivity contribution is 7.92. The molecule has 0 heterocycles. The van der Waals surface area contributed by atoms with Crippen LogP contribution in [0.5, 0.6) is 5.75 Å². The monoisotopic (exact) mass is 531 g/mol. The third-order valence-corrected chi connectivity index (χ3v) is 7.02. The molecule has 0 aliphatic rings. The molecule has 0 bridgehead atoms. The van der Waals surface area contributed by atoms with Crippen molar-refractivity contribution >= 4 is 33.8 Å². The second kappa shape index (κ2) is 11.9. The molecular weight excluding hydrogens is 509 g/mol. The Labute approximate surface area is 219 Å². The van der Waals surface area contributed by atoms with Crippen molar-refractivity contribution in [3.63, 3.8) is 0 Å². The van der Waals surface area contributed by atoms with Crippen LogP contribution in [0.1, 0.15) is 15.9 Å². The third kappa shape index (κ3) is 6.48. The van der Waals surface area contributed by atoms with Crippen molar-refractivity contribution in [1.29, 1.82) is 0 Å². The van der Waals surface area contributed by atoms with Crippen LogP contribution in [0.15, 0.2) is 119 Å². The number of sulfonamides is 1. The molecule has 10 heteroatoms. The number of nitrogens with one attached hydrogen (secondary N) is 1. The third-order valence-electron chi connectivity index (χ3n) is 5.24. The number of anilines is 1. The molecule has 1 N–H and O–H groups in total. The maximum Gasteiger partial charge on any atom is 0.343 e. The van der Waals surface area contributed by atoms with Crippen LogP contribution in [0.4, 0.5) is 10.1 Å². The average molecular weight is 532 g/mol. The van der Waals surface area contributed by atoms with Crippen molar-refractivity contribution in [1.82, 2.24) is 5.43 Å². The van der Waals surface area contributed by atoms with Gasteiger partial charge in [-0.1, -0.05) is 48.5 Å². The van der Waals surface area contributed by atoms with Crippen LogP contribution in [0, 0.1) is 5.82 Å². The molecule has 4 aromatic rings. The van der Waals surface area contributed by atoms with Crippen molar-refractivity contribution in [2.24, 2.45) is 5.10 Å². The normalized spacial score (nSPS) is 11.2. The molecule has 0 fully saturated rings. The van der Waals surface area contributed by atoms with Gasteiger partial charge in [0.05, 0.1) is 22.4 Å². The highest BCUT2D eigenvalue weighted by Crippen LogP contribution is 2.26. The van der Waals surface area contributed by atoms with Crippen LogP contribution >= 0.6 is 0 Å². The first kappa shape index (κ1) is 26.2. The van der Waals surface area contributed by atoms with E-state index in [9.17, 15) is 22.4 Å². The van der Waals surface area contributed by atoms with Gasteiger partial charge in [-0.25, -0.2) is 23.0 Å². The Bertz CT molecular complexity index is 1540. The number of carbonyl (C=O) groups excluding carboxylic acids is 2. The molecule has 0 aromatic heterocycles. The molecule has 0 unspecified atom stereocenters. The summed E-state index contributed by atoms with van der Waals surface area (Å²) < 4.78 is 47.0. The molecule has 0 saturated carbocycles. The topological polar surface area (TPSA) is 105 Å². The summed E-state index contributed by atoms with van der Waals surface area (Å²) in [4.78, 5) is 24.7. The first-order chi connectivity index (χ1) is 18.3. The lowest BCUT2D eigenvalue weighted by Gasteiger charge is -2.24. The van der Waals surface area contributed by atoms with Gasteiger partial charge in [0, 0.05) is 0 Å². The lowest BCUT2D eigenvalue weighted by atomic mass is 10.2. The minimum absolute atomic E-state index is 0.0902. The second-order valence-electron chi connectivity index (χ2n) is 7.89. The van der Waals surface area contributed by atoms with Gasteiger partial charge >= 0.3 is 5.97 Å². The maximum atomic E-state index is 14.5. The summed E-state index contributed by atoms with van der Waals surface area (Å²) in [6.45, 7) is -0.704. The van der Waals surface area contributed by atoms with Gasteiger partial charge in [0.2, 0.25) is 0 Å². The van der Waals surface area contributed by atoms with E-state index in [2.05, 4.69) is 10.5 Å². The molecule has 4 aromatic carbocycles. The summed E-state index contributed by atoms with van der Waals surface area (Å²) in [5, 5.41) is 3.86. The van der Waals surface area contributed by atoms with Crippen LogP contribution in [0.2, 0.25) is 0 Å². The molecule has 192 valence electrons. The van der Waals surface area contributed by atoms with E-state index in [1.807, 2.05) is 0 Å². The average Bonchev–Trinajstić information content (AvgIpc) is 2.94. The zero-order valence-corrected chi connectivity index (χ0v) is 20.7. The molecule has 0 spiro atoms. The Balaban J connectivity index is 1.42. The lowest BCUT2D eigenvalue weighted by molar-refractivity contribution is -0.119. The standard InChI is InChI=1S/C28H22FN3O5S/c29-25-13-7-8-14-26(25)32(38(35,36)24-11-5-2-6-12-24)20-27(33)31-30-19-21-15-17-23(18-16-21)37-28(34)22-9-3-1-4-10-22/h1-19H,20H2,(H,31,33)/b30-19-. The fraction of sp³-hybridized carbons (Fsp3) is 0.0357. The smallest absolute Gasteiger partial charge is 0.343 e. The van der Waals surface area contributed by atoms with Crippen LogP contribution in [-0.4, -0.2) is 33.1 Å². The Hall–Kier alpha value is -4.83. The van der Waals surface area contributed by atoms with E-state index >= 15 is 0 Å². The number of esters is 1. The van der Waals surface area contributed by atoms with E-state index in [4.69, 9.17) is 4.74 Å². The number of hydrazone groups is 1. The van der Waals surface area contributed by atoms with E-state index in [0.29, 0.717) is 21.2 Å². The van der Waals surface area contributed by atoms with Crippen molar-refractivity contribution in [3.05, 3.63) is 126 Å². The molecule has 0 aliphatic carbocycles. The van der Waals surface area contributed by atoms with Gasteiger partial charge in [-0.2, -0.15) is 5.10 Å². The number of nitrogens with zero attached hydrogens (tertiary/aromatic N) is 2. The number of carbonyl (C=O) groups is 2. The number of para-hydroxylation sites is 1. The van der Waals surface area contributed by atoms with E-state index < -0.39 is 34.3 Å². The lowest BCUT2D eigenvalue weighted by Crippen LogP contribution is -2.40. The summed E-state index contributed by atoms with van der Waals surface area (Å²) in [5.41, 5.74) is 2.98. The van der Waals surface area contributed by atoms with Gasteiger partial charge in [-0.15, -0.1) is 0 Å². The number of hydrogen-bond donors (Lipinski definition) is 1. The van der Waals surface area contributed by atoms with Crippen molar-refractivity contribution in [2.75, 3.05) is 10.8 Å². The van der Waals surface area contributed by atoms with Gasteiger partial charge in [0.15, 0.2) is 0 Å². The van der Waals surface area contributed by atoms with Crippen LogP contribution < -0.4 is 14.5 Å². The molecular formula is C28H22FN3O5S. The summed E-state index contributed by atoms with van der Waals surface area (Å²) in [6, 6.07) is 27.6. The summed E-state index contributed by atoms with van der Waals surface area (Å²) >= 11 is 0. The molecule has 4 rings (SSSR count). The van der Waals surface area contributed by atoms with Gasteiger partial charge in [0.1, 0.15) is 18.1 Å². The second-order valence-corrected chi connectivity index (χ2v) is 9.76. The minimum Gasteiger partial charge on any atom is -0.423 e. The van der Waals surface area contributed by atoms with Crippen LogP contribution in [0.25, 0.3) is 0 Å². The quantitative estimate of drug-likeness (QED) is 0.149. The zero-order chi connectivity index (χ0) is 27.0. The van der Waals surface area contributed by atoms with E-state index in [1.54, 1.807) is 60.7 Å². The van der Waals surface area contributed by atoms with Crippen molar-refractivity contribution in [3.8, 4) is 5.75 Å². The molecule has 38 heavy (non-hydrogen) atoms. The van der Waals surface area contributed by atoms with E-state index in [0.717, 1.165) is 6.07 Å². The molecule has 8 nitrogen and oxygen atoms in total. The molecule has 0 saturated heterocycles. The predicted octanol–water partition coefficient (Wildman–Crippen LogP) is 4.39. The minimum atomic E-state index is -4.24. The Kier molecular flexibility index (Phi) is 8.24. The summed E-state index contributed by atoms with van der Waals surface area (Å²) in [5.74, 6) is -1.75.